The van der Waals surface area contributed by atoms with E-state index < -0.39 is 17.8 Å². The number of methoxy groups -OCH3 is 2. The fourth-order valence-corrected chi connectivity index (χ4v) is 3.99. The highest BCUT2D eigenvalue weighted by Crippen LogP contribution is 2.47. The van der Waals surface area contributed by atoms with Crippen LogP contribution in [0.15, 0.2) is 30.4 Å². The molecule has 2 bridgehead atoms. The van der Waals surface area contributed by atoms with Gasteiger partial charge in [-0.25, -0.2) is 0 Å². The standard InChI is InChI=1S/C19H23NO5/c1-24-14-6-3-11(9-15(14)25-2)7-8-20-18(21)16-12-4-5-13(10-12)17(16)19(22)23/h3-6,9,12-13,16-17H,7-8,10H2,1-2H3,(H,20,21)(H,22,23)/p-1/t12-,13-,16+,17-/m0/s1. The van der Waals surface area contributed by atoms with Crippen molar-refractivity contribution >= 4 is 11.9 Å². The Morgan fingerprint density at radius 2 is 1.80 bits per heavy atom. The number of carboxylic acid groups (broad SMARTS) is 1. The molecule has 4 atom stereocenters. The summed E-state index contributed by atoms with van der Waals surface area (Å²) in [4.78, 5) is 23.9. The molecule has 3 rings (SSSR count). The first-order valence-corrected chi connectivity index (χ1v) is 8.43. The van der Waals surface area contributed by atoms with Crippen molar-refractivity contribution in [3.63, 3.8) is 0 Å². The third kappa shape index (κ3) is 3.34. The molecule has 1 aromatic carbocycles. The lowest BCUT2D eigenvalue weighted by atomic mass is 9.82. The summed E-state index contributed by atoms with van der Waals surface area (Å²) in [5.41, 5.74) is 1.00. The second kappa shape index (κ2) is 7.17. The number of aliphatic carboxylic acids is 1. The predicted molar refractivity (Wildman–Crippen MR) is 89.0 cm³/mol. The normalized spacial score (nSPS) is 26.5. The van der Waals surface area contributed by atoms with Crippen molar-refractivity contribution < 1.29 is 24.2 Å². The second-order valence-electron chi connectivity index (χ2n) is 6.55. The van der Waals surface area contributed by atoms with Gasteiger partial charge in [-0.05, 0) is 42.4 Å². The zero-order valence-electron chi connectivity index (χ0n) is 14.4. The number of allylic oxidation sites excluding steroid dienone is 2. The number of carbonyl (C=O) groups excluding carboxylic acids is 2. The van der Waals surface area contributed by atoms with Crippen molar-refractivity contribution in [1.82, 2.24) is 5.32 Å². The summed E-state index contributed by atoms with van der Waals surface area (Å²) in [6.07, 6.45) is 5.21. The number of hydrogen-bond donors (Lipinski definition) is 1. The van der Waals surface area contributed by atoms with Gasteiger partial charge in [0.1, 0.15) is 0 Å². The van der Waals surface area contributed by atoms with E-state index in [1.54, 1.807) is 14.2 Å². The maximum atomic E-state index is 12.5. The Balaban J connectivity index is 1.58. The molecule has 0 aromatic heterocycles. The van der Waals surface area contributed by atoms with Crippen molar-refractivity contribution in [2.45, 2.75) is 12.8 Å². The Labute approximate surface area is 146 Å². The lowest BCUT2D eigenvalue weighted by molar-refractivity contribution is -0.313. The highest BCUT2D eigenvalue weighted by molar-refractivity contribution is 5.86. The number of fused-ring (bicyclic) bond motifs is 2. The number of carbonyl (C=O) groups is 2. The maximum absolute atomic E-state index is 12.5. The summed E-state index contributed by atoms with van der Waals surface area (Å²) in [5, 5.41) is 14.3. The molecule has 1 amide bonds. The first-order valence-electron chi connectivity index (χ1n) is 8.43. The number of benzene rings is 1. The summed E-state index contributed by atoms with van der Waals surface area (Å²) in [6.45, 7) is 0.436. The lowest BCUT2D eigenvalue weighted by Crippen LogP contribution is -2.45. The number of carboxylic acids is 1. The average Bonchev–Trinajstić information content (AvgIpc) is 3.22. The van der Waals surface area contributed by atoms with Crippen LogP contribution in [-0.4, -0.2) is 32.6 Å². The highest BCUT2D eigenvalue weighted by Gasteiger charge is 2.48. The topological polar surface area (TPSA) is 87.7 Å². The van der Waals surface area contributed by atoms with Crippen LogP contribution in [0.3, 0.4) is 0 Å². The van der Waals surface area contributed by atoms with Crippen LogP contribution in [0.2, 0.25) is 0 Å². The van der Waals surface area contributed by atoms with Gasteiger partial charge >= 0.3 is 0 Å². The van der Waals surface area contributed by atoms with Gasteiger partial charge in [0.25, 0.3) is 0 Å². The minimum atomic E-state index is -1.13. The molecule has 1 saturated carbocycles. The number of ether oxygens (including phenoxy) is 2. The van der Waals surface area contributed by atoms with Crippen molar-refractivity contribution in [2.75, 3.05) is 20.8 Å². The Morgan fingerprint density at radius 1 is 1.12 bits per heavy atom. The van der Waals surface area contributed by atoms with Gasteiger partial charge in [-0.1, -0.05) is 18.2 Å². The molecular formula is C19H22NO5-. The molecule has 2 aliphatic carbocycles. The summed E-state index contributed by atoms with van der Waals surface area (Å²) in [6, 6.07) is 5.61. The molecule has 6 nitrogen and oxygen atoms in total. The van der Waals surface area contributed by atoms with Gasteiger partial charge in [0.2, 0.25) is 5.91 Å². The molecule has 0 saturated heterocycles. The number of amides is 1. The van der Waals surface area contributed by atoms with Crippen LogP contribution in [0.4, 0.5) is 0 Å². The summed E-state index contributed by atoms with van der Waals surface area (Å²) >= 11 is 0. The van der Waals surface area contributed by atoms with Crippen LogP contribution in [0.25, 0.3) is 0 Å². The van der Waals surface area contributed by atoms with Crippen LogP contribution >= 0.6 is 0 Å². The van der Waals surface area contributed by atoms with Crippen molar-refractivity contribution in [1.29, 1.82) is 0 Å². The van der Waals surface area contributed by atoms with Crippen LogP contribution in [0.1, 0.15) is 12.0 Å². The molecule has 1 fully saturated rings. The van der Waals surface area contributed by atoms with E-state index in [1.807, 2.05) is 30.4 Å². The maximum Gasteiger partial charge on any atom is 0.224 e. The zero-order chi connectivity index (χ0) is 18.0. The molecule has 25 heavy (non-hydrogen) atoms. The minimum Gasteiger partial charge on any atom is -0.550 e. The van der Waals surface area contributed by atoms with Crippen LogP contribution in [0, 0.1) is 23.7 Å². The average molecular weight is 344 g/mol. The minimum absolute atomic E-state index is 0.00832. The van der Waals surface area contributed by atoms with Crippen LogP contribution < -0.4 is 19.9 Å². The first kappa shape index (κ1) is 17.3. The van der Waals surface area contributed by atoms with Gasteiger partial charge in [-0.2, -0.15) is 0 Å². The number of rotatable bonds is 7. The largest absolute Gasteiger partial charge is 0.550 e. The quantitative estimate of drug-likeness (QED) is 0.730. The van der Waals surface area contributed by atoms with Gasteiger partial charge in [0, 0.05) is 18.4 Å². The fourth-order valence-electron chi connectivity index (χ4n) is 3.99. The van der Waals surface area contributed by atoms with Gasteiger partial charge < -0.3 is 24.7 Å². The smallest absolute Gasteiger partial charge is 0.224 e. The molecular weight excluding hydrogens is 322 g/mol. The molecule has 2 aliphatic rings. The second-order valence-corrected chi connectivity index (χ2v) is 6.55. The molecule has 0 unspecified atom stereocenters. The van der Waals surface area contributed by atoms with E-state index in [0.717, 1.165) is 12.0 Å². The van der Waals surface area contributed by atoms with Crippen molar-refractivity contribution in [3.8, 4) is 11.5 Å². The van der Waals surface area contributed by atoms with Crippen LogP contribution in [0.5, 0.6) is 11.5 Å². The van der Waals surface area contributed by atoms with E-state index in [1.165, 1.54) is 0 Å². The zero-order valence-corrected chi connectivity index (χ0v) is 14.4. The number of hydrogen-bond acceptors (Lipinski definition) is 5. The Bertz CT molecular complexity index is 699. The molecule has 1 N–H and O–H groups in total. The molecule has 0 radical (unpaired) electrons. The summed E-state index contributed by atoms with van der Waals surface area (Å²) < 4.78 is 10.5. The molecule has 0 aliphatic heterocycles. The third-order valence-electron chi connectivity index (χ3n) is 5.20. The predicted octanol–water partition coefficient (Wildman–Crippen LogP) is 0.551. The SMILES string of the molecule is COc1ccc(CCNC(=O)[C@H]2[C@@H](C(=O)[O-])[C@H]3C=C[C@H]2C3)cc1OC. The fraction of sp³-hybridized carbons (Fsp3) is 0.474. The van der Waals surface area contributed by atoms with E-state index in [2.05, 4.69) is 5.32 Å². The summed E-state index contributed by atoms with van der Waals surface area (Å²) in [7, 11) is 3.15. The molecule has 1 aromatic rings. The first-order chi connectivity index (χ1) is 12.0. The van der Waals surface area contributed by atoms with E-state index in [0.29, 0.717) is 24.5 Å². The summed E-state index contributed by atoms with van der Waals surface area (Å²) in [5.74, 6) is -1.34. The third-order valence-corrected chi connectivity index (χ3v) is 5.20. The Kier molecular flexibility index (Phi) is 4.97. The van der Waals surface area contributed by atoms with Gasteiger partial charge in [-0.15, -0.1) is 0 Å². The van der Waals surface area contributed by atoms with Gasteiger partial charge in [0.05, 0.1) is 20.1 Å². The van der Waals surface area contributed by atoms with E-state index in [4.69, 9.17) is 9.47 Å². The van der Waals surface area contributed by atoms with Crippen molar-refractivity contribution in [3.05, 3.63) is 35.9 Å². The van der Waals surface area contributed by atoms with E-state index in [-0.39, 0.29) is 17.7 Å². The Morgan fingerprint density at radius 3 is 2.44 bits per heavy atom. The molecule has 0 spiro atoms. The lowest BCUT2D eigenvalue weighted by Gasteiger charge is -2.27. The van der Waals surface area contributed by atoms with Gasteiger partial charge in [-0.3, -0.25) is 4.79 Å². The Hall–Kier alpha value is -2.50. The number of nitrogens with one attached hydrogen (secondary N) is 1. The monoisotopic (exact) mass is 344 g/mol. The van der Waals surface area contributed by atoms with E-state index in [9.17, 15) is 14.7 Å². The van der Waals surface area contributed by atoms with E-state index >= 15 is 0 Å². The molecule has 134 valence electrons. The molecule has 6 heteroatoms. The molecule has 0 heterocycles. The van der Waals surface area contributed by atoms with Crippen molar-refractivity contribution in [2.24, 2.45) is 23.7 Å². The van der Waals surface area contributed by atoms with Crippen LogP contribution in [-0.2, 0) is 16.0 Å². The highest BCUT2D eigenvalue weighted by atomic mass is 16.5. The van der Waals surface area contributed by atoms with Gasteiger partial charge in [0.15, 0.2) is 11.5 Å².